The van der Waals surface area contributed by atoms with Crippen LogP contribution in [-0.4, -0.2) is 12.6 Å². The molecular weight excluding hydrogens is 164 g/mol. The predicted molar refractivity (Wildman–Crippen MR) is 52.1 cm³/mol. The highest BCUT2D eigenvalue weighted by Crippen LogP contribution is 1.78. The summed E-state index contributed by atoms with van der Waals surface area (Å²) in [6, 6.07) is 0. The third-order valence-electron chi connectivity index (χ3n) is 0.987. The topological polar surface area (TPSA) is 26.3 Å². The van der Waals surface area contributed by atoms with Crippen LogP contribution in [0.25, 0.3) is 0 Å². The van der Waals surface area contributed by atoms with Gasteiger partial charge in [0.1, 0.15) is 0 Å². The van der Waals surface area contributed by atoms with E-state index in [1.807, 2.05) is 0 Å². The first-order chi connectivity index (χ1) is 6.31. The molecule has 0 spiro atoms. The number of esters is 1. The molecule has 0 aliphatic heterocycles. The number of allylic oxidation sites excluding steroid dienone is 4. The normalized spacial score (nSPS) is 8.38. The lowest BCUT2D eigenvalue weighted by atomic mass is 10.4. The number of ether oxygens (including phenoxy) is 1. The van der Waals surface area contributed by atoms with Crippen LogP contribution in [0.15, 0.2) is 48.4 Å². The first-order valence-electron chi connectivity index (χ1n) is 3.93. The molecule has 0 saturated heterocycles. The van der Waals surface area contributed by atoms with Crippen LogP contribution in [0.2, 0.25) is 0 Å². The van der Waals surface area contributed by atoms with Gasteiger partial charge in [-0.1, -0.05) is 36.3 Å². The molecule has 0 atom stereocenters. The van der Waals surface area contributed by atoms with Crippen LogP contribution in [-0.2, 0) is 9.53 Å². The molecule has 2 nitrogen and oxygen atoms in total. The molecule has 0 aromatic rings. The van der Waals surface area contributed by atoms with Gasteiger partial charge in [-0.05, 0) is 13.0 Å². The number of carbonyl (C=O) groups is 1. The minimum atomic E-state index is -0.406. The second-order valence-corrected chi connectivity index (χ2v) is 1.97. The van der Waals surface area contributed by atoms with Gasteiger partial charge in [-0.2, -0.15) is 0 Å². The van der Waals surface area contributed by atoms with Crippen molar-refractivity contribution in [3.63, 3.8) is 0 Å². The molecule has 0 N–H and O–H groups in total. The molecule has 0 aromatic heterocycles. The van der Waals surface area contributed by atoms with E-state index in [2.05, 4.69) is 22.8 Å². The fourth-order valence-corrected chi connectivity index (χ4v) is 0.515. The maximum Gasteiger partial charge on any atom is 0.339 e. The Morgan fingerprint density at radius 1 is 1.46 bits per heavy atom. The van der Waals surface area contributed by atoms with Crippen molar-refractivity contribution in [1.82, 2.24) is 0 Å². The average Bonchev–Trinajstić information content (AvgIpc) is 2.11. The van der Waals surface area contributed by atoms with E-state index < -0.39 is 5.97 Å². The van der Waals surface area contributed by atoms with Gasteiger partial charge in [0.05, 0.1) is 12.7 Å². The van der Waals surface area contributed by atoms with Crippen LogP contribution in [0, 0.1) is 0 Å². The summed E-state index contributed by atoms with van der Waals surface area (Å²) in [5, 5.41) is 0. The summed E-state index contributed by atoms with van der Waals surface area (Å²) < 4.78 is 4.62. The van der Waals surface area contributed by atoms with Gasteiger partial charge in [0.15, 0.2) is 0 Å². The molecule has 0 amide bonds. The maximum absolute atomic E-state index is 10.7. The summed E-state index contributed by atoms with van der Waals surface area (Å²) in [6.45, 7) is 5.61. The minimum Gasteiger partial charge on any atom is -0.462 e. The number of hydrogen-bond donors (Lipinski definition) is 0. The Labute approximate surface area is 78.2 Å². The van der Waals surface area contributed by atoms with Gasteiger partial charge < -0.3 is 4.74 Å². The van der Waals surface area contributed by atoms with Crippen molar-refractivity contribution in [1.29, 1.82) is 0 Å². The van der Waals surface area contributed by atoms with E-state index in [4.69, 9.17) is 0 Å². The van der Waals surface area contributed by atoms with Crippen molar-refractivity contribution in [2.75, 3.05) is 6.61 Å². The van der Waals surface area contributed by atoms with Crippen molar-refractivity contribution in [2.45, 2.75) is 6.92 Å². The Morgan fingerprint density at radius 3 is 2.85 bits per heavy atom. The van der Waals surface area contributed by atoms with E-state index >= 15 is 0 Å². The molecule has 68 valence electrons. The molecule has 0 aliphatic rings. The quantitative estimate of drug-likeness (QED) is 0.284. The highest BCUT2D eigenvalue weighted by atomic mass is 16.5. The zero-order chi connectivity index (χ0) is 9.94. The monoisotopic (exact) mass is 176 g/mol. The van der Waals surface area contributed by atoms with Crippen molar-refractivity contribution in [3.8, 4) is 0 Å². The van der Waals surface area contributed by atoms with Gasteiger partial charge in [0.25, 0.3) is 0 Å². The Kier molecular flexibility index (Phi) is 7.22. The van der Waals surface area contributed by atoms with Gasteiger partial charge >= 0.3 is 5.97 Å². The Hall–Kier alpha value is -1.75. The third-order valence-corrected chi connectivity index (χ3v) is 0.987. The Bertz CT molecular complexity index is 285. The van der Waals surface area contributed by atoms with Gasteiger partial charge in [-0.15, -0.1) is 0 Å². The molecule has 0 bridgehead atoms. The van der Waals surface area contributed by atoms with Crippen molar-refractivity contribution < 1.29 is 9.53 Å². The van der Waals surface area contributed by atoms with Crippen LogP contribution in [0.5, 0.6) is 0 Å². The fraction of sp³-hybridized carbons (Fsp3) is 0.182. The molecule has 0 fully saturated rings. The second kappa shape index (κ2) is 8.35. The average molecular weight is 176 g/mol. The lowest BCUT2D eigenvalue weighted by Gasteiger charge is -1.90. The first-order valence-corrected chi connectivity index (χ1v) is 3.93. The SMILES string of the molecule is C=CC=CC=C=C=CC(=O)OCC. The van der Waals surface area contributed by atoms with Gasteiger partial charge in [0, 0.05) is 0 Å². The Balaban J connectivity index is 4.08. The largest absolute Gasteiger partial charge is 0.462 e. The summed E-state index contributed by atoms with van der Waals surface area (Å²) in [5.74, 6) is -0.406. The Morgan fingerprint density at radius 2 is 2.23 bits per heavy atom. The number of rotatable bonds is 4. The molecule has 0 heterocycles. The fourth-order valence-electron chi connectivity index (χ4n) is 0.515. The lowest BCUT2D eigenvalue weighted by Crippen LogP contribution is -1.97. The summed E-state index contributed by atoms with van der Waals surface area (Å²) >= 11 is 0. The van der Waals surface area contributed by atoms with Crippen LogP contribution in [0.4, 0.5) is 0 Å². The zero-order valence-corrected chi connectivity index (χ0v) is 7.62. The van der Waals surface area contributed by atoms with E-state index in [1.54, 1.807) is 31.2 Å². The van der Waals surface area contributed by atoms with Crippen molar-refractivity contribution >= 4 is 5.97 Å². The third kappa shape index (κ3) is 8.15. The van der Waals surface area contributed by atoms with Gasteiger partial charge in [-0.25, -0.2) is 4.79 Å². The molecule has 0 unspecified atom stereocenters. The van der Waals surface area contributed by atoms with Crippen LogP contribution in [0.1, 0.15) is 6.92 Å². The molecule has 0 aliphatic carbocycles. The van der Waals surface area contributed by atoms with Gasteiger partial charge in [0.2, 0.25) is 0 Å². The smallest absolute Gasteiger partial charge is 0.339 e. The molecule has 0 rings (SSSR count). The molecule has 13 heavy (non-hydrogen) atoms. The summed E-state index contributed by atoms with van der Waals surface area (Å²) in [5.41, 5.74) is 5.18. The summed E-state index contributed by atoms with van der Waals surface area (Å²) in [4.78, 5) is 10.7. The highest BCUT2D eigenvalue weighted by molar-refractivity contribution is 5.81. The zero-order valence-electron chi connectivity index (χ0n) is 7.62. The molecular formula is C11H12O2. The van der Waals surface area contributed by atoms with Crippen LogP contribution in [0.3, 0.4) is 0 Å². The predicted octanol–water partition coefficient (Wildman–Crippen LogP) is 2.16. The van der Waals surface area contributed by atoms with Gasteiger partial charge in [-0.3, -0.25) is 0 Å². The van der Waals surface area contributed by atoms with E-state index in [0.29, 0.717) is 6.61 Å². The second-order valence-electron chi connectivity index (χ2n) is 1.97. The van der Waals surface area contributed by atoms with E-state index in [-0.39, 0.29) is 0 Å². The number of carbonyl (C=O) groups excluding carboxylic acids is 1. The number of hydrogen-bond acceptors (Lipinski definition) is 2. The van der Waals surface area contributed by atoms with Crippen LogP contribution >= 0.6 is 0 Å². The summed E-state index contributed by atoms with van der Waals surface area (Å²) in [6.07, 6.45) is 7.95. The summed E-state index contributed by atoms with van der Waals surface area (Å²) in [7, 11) is 0. The van der Waals surface area contributed by atoms with E-state index in [9.17, 15) is 4.79 Å². The van der Waals surface area contributed by atoms with Crippen LogP contribution < -0.4 is 0 Å². The van der Waals surface area contributed by atoms with E-state index in [0.717, 1.165) is 0 Å². The molecule has 2 heteroatoms. The molecule has 0 radical (unpaired) electrons. The maximum atomic E-state index is 10.7. The molecule has 0 aromatic carbocycles. The highest BCUT2D eigenvalue weighted by Gasteiger charge is 1.89. The molecule has 0 saturated carbocycles. The first kappa shape index (κ1) is 11.2. The standard InChI is InChI=1S/C11H12O2/c1-3-5-6-7-8-9-10-11(12)13-4-2/h3,5-7,10H,1,4H2,2H3. The van der Waals surface area contributed by atoms with Crippen molar-refractivity contribution in [2.24, 2.45) is 0 Å². The van der Waals surface area contributed by atoms with E-state index in [1.165, 1.54) is 6.08 Å². The lowest BCUT2D eigenvalue weighted by molar-refractivity contribution is -0.137. The van der Waals surface area contributed by atoms with Crippen molar-refractivity contribution in [3.05, 3.63) is 48.4 Å². The minimum absolute atomic E-state index is 0.372.